The lowest BCUT2D eigenvalue weighted by Crippen LogP contribution is -1.96. The summed E-state index contributed by atoms with van der Waals surface area (Å²) in [6, 6.07) is 0. The molecule has 0 fully saturated rings. The molecule has 1 rings (SSSR count). The van der Waals surface area contributed by atoms with Gasteiger partial charge in [0, 0.05) is 10.7 Å². The fourth-order valence-corrected chi connectivity index (χ4v) is 3.45. The van der Waals surface area contributed by atoms with E-state index in [2.05, 4.69) is 4.98 Å². The molecule has 3 nitrogen and oxygen atoms in total. The first-order valence-corrected chi connectivity index (χ1v) is 6.72. The zero-order valence-corrected chi connectivity index (χ0v) is 10.7. The van der Waals surface area contributed by atoms with Crippen molar-refractivity contribution in [2.45, 2.75) is 4.90 Å². The SMILES string of the molecule is O=S(=O)(Cl)c1c(Cl)c(Cl)nc(Cl)c1Cl. The summed E-state index contributed by atoms with van der Waals surface area (Å²) < 4.78 is 22.1. The Balaban J connectivity index is 3.74. The van der Waals surface area contributed by atoms with Crippen LogP contribution in [-0.2, 0) is 9.05 Å². The van der Waals surface area contributed by atoms with Gasteiger partial charge < -0.3 is 0 Å². The summed E-state index contributed by atoms with van der Waals surface area (Å²) >= 11 is 22.1. The van der Waals surface area contributed by atoms with Crippen LogP contribution in [0.1, 0.15) is 0 Å². The van der Waals surface area contributed by atoms with E-state index in [0.29, 0.717) is 0 Å². The molecular formula is C5Cl5NO2S. The average Bonchev–Trinajstić information content (AvgIpc) is 1.98. The molecule has 0 spiro atoms. The smallest absolute Gasteiger partial charge is 0.221 e. The van der Waals surface area contributed by atoms with E-state index >= 15 is 0 Å². The summed E-state index contributed by atoms with van der Waals surface area (Å²) in [6.45, 7) is 0. The van der Waals surface area contributed by atoms with Gasteiger partial charge in [-0.05, 0) is 0 Å². The van der Waals surface area contributed by atoms with E-state index in [1.54, 1.807) is 0 Å². The topological polar surface area (TPSA) is 47.0 Å². The summed E-state index contributed by atoms with van der Waals surface area (Å²) in [6.07, 6.45) is 0. The standard InChI is InChI=1S/C5Cl5NO2S/c6-1-3(14(10,12)13)2(7)5(9)11-4(1)8. The van der Waals surface area contributed by atoms with E-state index in [4.69, 9.17) is 57.1 Å². The Morgan fingerprint density at radius 1 is 0.929 bits per heavy atom. The predicted octanol–water partition coefficient (Wildman–Crippen LogP) is 3.62. The van der Waals surface area contributed by atoms with Crippen LogP contribution in [0.4, 0.5) is 0 Å². The highest BCUT2D eigenvalue weighted by molar-refractivity contribution is 8.14. The van der Waals surface area contributed by atoms with Gasteiger partial charge in [0.2, 0.25) is 0 Å². The molecule has 78 valence electrons. The van der Waals surface area contributed by atoms with Crippen molar-refractivity contribution in [2.24, 2.45) is 0 Å². The normalized spacial score (nSPS) is 11.8. The van der Waals surface area contributed by atoms with E-state index in [-0.39, 0.29) is 20.4 Å². The van der Waals surface area contributed by atoms with Crippen molar-refractivity contribution in [3.8, 4) is 0 Å². The molecule has 1 aromatic heterocycles. The van der Waals surface area contributed by atoms with Crippen molar-refractivity contribution in [3.05, 3.63) is 20.4 Å². The fraction of sp³-hybridized carbons (Fsp3) is 0. The van der Waals surface area contributed by atoms with Gasteiger partial charge in [-0.1, -0.05) is 46.4 Å². The van der Waals surface area contributed by atoms with Crippen molar-refractivity contribution in [1.82, 2.24) is 4.98 Å². The number of halogens is 5. The van der Waals surface area contributed by atoms with Gasteiger partial charge in [-0.3, -0.25) is 0 Å². The Morgan fingerprint density at radius 3 is 1.57 bits per heavy atom. The lowest BCUT2D eigenvalue weighted by Gasteiger charge is -2.05. The molecule has 0 unspecified atom stereocenters. The third-order valence-corrected chi connectivity index (χ3v) is 4.26. The van der Waals surface area contributed by atoms with E-state index in [9.17, 15) is 8.42 Å². The van der Waals surface area contributed by atoms with Crippen LogP contribution in [-0.4, -0.2) is 13.4 Å². The quantitative estimate of drug-likeness (QED) is 0.587. The molecule has 0 saturated carbocycles. The minimum Gasteiger partial charge on any atom is -0.221 e. The molecule has 0 aromatic carbocycles. The van der Waals surface area contributed by atoms with Crippen LogP contribution in [0.2, 0.25) is 20.4 Å². The Labute approximate surface area is 104 Å². The van der Waals surface area contributed by atoms with Gasteiger partial charge in [0.1, 0.15) is 4.90 Å². The van der Waals surface area contributed by atoms with E-state index in [1.165, 1.54) is 0 Å². The summed E-state index contributed by atoms with van der Waals surface area (Å²) in [5.41, 5.74) is 0. The molecule has 1 heterocycles. The lowest BCUT2D eigenvalue weighted by molar-refractivity contribution is 0.609. The molecule has 0 atom stereocenters. The van der Waals surface area contributed by atoms with Gasteiger partial charge in [-0.15, -0.1) is 0 Å². The first-order valence-electron chi connectivity index (χ1n) is 2.89. The second kappa shape index (κ2) is 4.20. The highest BCUT2D eigenvalue weighted by Gasteiger charge is 2.24. The highest BCUT2D eigenvalue weighted by Crippen LogP contribution is 2.38. The van der Waals surface area contributed by atoms with Crippen molar-refractivity contribution in [2.75, 3.05) is 0 Å². The Morgan fingerprint density at radius 2 is 1.29 bits per heavy atom. The monoisotopic (exact) mass is 313 g/mol. The summed E-state index contributed by atoms with van der Waals surface area (Å²) in [7, 11) is 0.962. The summed E-state index contributed by atoms with van der Waals surface area (Å²) in [5, 5.41) is -1.26. The van der Waals surface area contributed by atoms with Crippen LogP contribution in [0, 0.1) is 0 Å². The van der Waals surface area contributed by atoms with Crippen molar-refractivity contribution < 1.29 is 8.42 Å². The third-order valence-electron chi connectivity index (χ3n) is 1.20. The molecule has 0 aliphatic heterocycles. The molecular weight excluding hydrogens is 315 g/mol. The molecule has 1 aromatic rings. The Hall–Kier alpha value is 0.550. The zero-order valence-electron chi connectivity index (χ0n) is 6.06. The van der Waals surface area contributed by atoms with Crippen molar-refractivity contribution >= 4 is 66.1 Å². The van der Waals surface area contributed by atoms with Crippen LogP contribution in [0.3, 0.4) is 0 Å². The van der Waals surface area contributed by atoms with Gasteiger partial charge in [0.05, 0.1) is 10.0 Å². The number of aromatic nitrogens is 1. The number of nitrogens with zero attached hydrogens (tertiary/aromatic N) is 1. The van der Waals surface area contributed by atoms with Crippen molar-refractivity contribution in [1.29, 1.82) is 0 Å². The fourth-order valence-electron chi connectivity index (χ4n) is 0.682. The van der Waals surface area contributed by atoms with Gasteiger partial charge in [0.25, 0.3) is 9.05 Å². The predicted molar refractivity (Wildman–Crippen MR) is 57.3 cm³/mol. The molecule has 9 heteroatoms. The second-order valence-electron chi connectivity index (χ2n) is 2.09. The van der Waals surface area contributed by atoms with Gasteiger partial charge >= 0.3 is 0 Å². The Kier molecular flexibility index (Phi) is 3.78. The number of rotatable bonds is 1. The summed E-state index contributed by atoms with van der Waals surface area (Å²) in [5.74, 6) is 0. The van der Waals surface area contributed by atoms with E-state index in [1.807, 2.05) is 0 Å². The molecule has 0 radical (unpaired) electrons. The van der Waals surface area contributed by atoms with E-state index < -0.39 is 13.9 Å². The lowest BCUT2D eigenvalue weighted by atomic mass is 10.5. The highest BCUT2D eigenvalue weighted by atomic mass is 35.7. The molecule has 0 bridgehead atoms. The maximum Gasteiger partial charge on any atom is 0.264 e. The number of pyridine rings is 1. The largest absolute Gasteiger partial charge is 0.264 e. The van der Waals surface area contributed by atoms with Gasteiger partial charge in [0.15, 0.2) is 10.3 Å². The minimum absolute atomic E-state index is 0.278. The molecule has 0 aliphatic carbocycles. The first-order chi connectivity index (χ1) is 6.25. The molecule has 0 N–H and O–H groups in total. The first kappa shape index (κ1) is 12.6. The third kappa shape index (κ3) is 2.38. The molecule has 0 amide bonds. The van der Waals surface area contributed by atoms with Gasteiger partial charge in [-0.25, -0.2) is 13.4 Å². The minimum atomic E-state index is -4.11. The maximum atomic E-state index is 11.0. The maximum absolute atomic E-state index is 11.0. The Bertz CT molecular complexity index is 459. The van der Waals surface area contributed by atoms with Crippen molar-refractivity contribution in [3.63, 3.8) is 0 Å². The molecule has 0 aliphatic rings. The summed E-state index contributed by atoms with van der Waals surface area (Å²) in [4.78, 5) is 2.96. The van der Waals surface area contributed by atoms with Crippen LogP contribution in [0.15, 0.2) is 4.90 Å². The van der Waals surface area contributed by atoms with Gasteiger partial charge in [-0.2, -0.15) is 0 Å². The zero-order chi connectivity index (χ0) is 11.1. The van der Waals surface area contributed by atoms with Crippen LogP contribution < -0.4 is 0 Å². The average molecular weight is 315 g/mol. The second-order valence-corrected chi connectivity index (χ2v) is 6.06. The van der Waals surface area contributed by atoms with Crippen LogP contribution in [0.25, 0.3) is 0 Å². The molecule has 0 saturated heterocycles. The van der Waals surface area contributed by atoms with E-state index in [0.717, 1.165) is 0 Å². The number of hydrogen-bond donors (Lipinski definition) is 0. The van der Waals surface area contributed by atoms with Crippen LogP contribution in [0.5, 0.6) is 0 Å². The number of hydrogen-bond acceptors (Lipinski definition) is 3. The van der Waals surface area contributed by atoms with Crippen LogP contribution >= 0.6 is 57.1 Å². The molecule has 14 heavy (non-hydrogen) atoms.